The number of halogens is 3. The number of rotatable bonds is 2. The molecule has 0 aliphatic heterocycles. The summed E-state index contributed by atoms with van der Waals surface area (Å²) in [5.74, 6) is -0.630. The highest BCUT2D eigenvalue weighted by Gasteiger charge is 2.32. The number of ether oxygens (including phenoxy) is 1. The molecular weight excluding hydrogens is 213 g/mol. The minimum absolute atomic E-state index is 0.0178. The number of aryl methyl sites for hydroxylation is 1. The van der Waals surface area contributed by atoms with Crippen LogP contribution in [0, 0.1) is 6.92 Å². The molecule has 0 aliphatic carbocycles. The van der Waals surface area contributed by atoms with Crippen LogP contribution in [0.3, 0.4) is 0 Å². The summed E-state index contributed by atoms with van der Waals surface area (Å²) in [5.41, 5.74) is 5.92. The molecule has 0 aliphatic rings. The number of hydrogen-bond acceptors (Lipinski definition) is 4. The number of aromatic nitrogens is 1. The molecule has 0 amide bonds. The highest BCUT2D eigenvalue weighted by Crippen LogP contribution is 2.25. The number of nitrogens with two attached hydrogens (primary N) is 1. The van der Waals surface area contributed by atoms with Gasteiger partial charge in [0.05, 0.1) is 6.61 Å². The summed E-state index contributed by atoms with van der Waals surface area (Å²) >= 11 is 0. The van der Waals surface area contributed by atoms with Crippen LogP contribution in [0.1, 0.15) is 11.3 Å². The lowest BCUT2D eigenvalue weighted by atomic mass is 10.2. The minimum atomic E-state index is -4.80. The zero-order chi connectivity index (χ0) is 11.6. The first-order valence-electron chi connectivity index (χ1n) is 3.96. The number of nitrogens with zero attached hydrogens (tertiary/aromatic N) is 1. The fourth-order valence-electron chi connectivity index (χ4n) is 1.07. The molecule has 7 heteroatoms. The molecule has 1 rings (SSSR count). The number of aliphatic hydroxyl groups excluding tert-OH is 1. The summed E-state index contributed by atoms with van der Waals surface area (Å²) in [6.07, 6.45) is -4.80. The van der Waals surface area contributed by atoms with Gasteiger partial charge in [-0.15, -0.1) is 13.2 Å². The number of nitrogen functional groups attached to an aromatic ring is 1. The van der Waals surface area contributed by atoms with Crippen LogP contribution in [-0.4, -0.2) is 16.5 Å². The van der Waals surface area contributed by atoms with Crippen LogP contribution in [-0.2, 0) is 6.61 Å². The second-order valence-corrected chi connectivity index (χ2v) is 2.82. The van der Waals surface area contributed by atoms with Gasteiger partial charge in [0, 0.05) is 23.0 Å². The molecule has 0 fully saturated rings. The monoisotopic (exact) mass is 222 g/mol. The Balaban J connectivity index is 3.04. The molecule has 0 aromatic carbocycles. The molecule has 0 saturated carbocycles. The molecule has 0 atom stereocenters. The summed E-state index contributed by atoms with van der Waals surface area (Å²) in [6, 6.07) is 0.923. The lowest BCUT2D eigenvalue weighted by Crippen LogP contribution is -2.18. The molecular formula is C8H9F3N2O2. The van der Waals surface area contributed by atoms with Gasteiger partial charge in [0.25, 0.3) is 0 Å². The number of aliphatic hydroxyl groups is 1. The van der Waals surface area contributed by atoms with Crippen molar-refractivity contribution < 1.29 is 23.0 Å². The van der Waals surface area contributed by atoms with E-state index in [9.17, 15) is 13.2 Å². The Kier molecular flexibility index (Phi) is 3.04. The first-order chi connectivity index (χ1) is 6.83. The van der Waals surface area contributed by atoms with Crippen molar-refractivity contribution in [2.75, 3.05) is 5.73 Å². The Morgan fingerprint density at radius 1 is 1.53 bits per heavy atom. The highest BCUT2D eigenvalue weighted by atomic mass is 19.4. The largest absolute Gasteiger partial charge is 0.574 e. The van der Waals surface area contributed by atoms with Crippen LogP contribution in [0.4, 0.5) is 18.9 Å². The van der Waals surface area contributed by atoms with E-state index in [0.717, 1.165) is 6.07 Å². The summed E-state index contributed by atoms with van der Waals surface area (Å²) in [4.78, 5) is 3.51. The smallest absolute Gasteiger partial charge is 0.398 e. The second kappa shape index (κ2) is 3.93. The third-order valence-electron chi connectivity index (χ3n) is 1.72. The van der Waals surface area contributed by atoms with Crippen LogP contribution >= 0.6 is 0 Å². The normalized spacial score (nSPS) is 11.5. The van der Waals surface area contributed by atoms with Gasteiger partial charge in [-0.3, -0.25) is 0 Å². The topological polar surface area (TPSA) is 68.4 Å². The summed E-state index contributed by atoms with van der Waals surface area (Å²) in [7, 11) is 0. The number of pyridine rings is 1. The van der Waals surface area contributed by atoms with E-state index in [2.05, 4.69) is 9.72 Å². The quantitative estimate of drug-likeness (QED) is 0.792. The number of alkyl halides is 3. The molecule has 1 aromatic rings. The van der Waals surface area contributed by atoms with Crippen LogP contribution < -0.4 is 10.5 Å². The average Bonchev–Trinajstić information content (AvgIpc) is 1.99. The molecule has 84 valence electrons. The lowest BCUT2D eigenvalue weighted by Gasteiger charge is -2.11. The van der Waals surface area contributed by atoms with Gasteiger partial charge >= 0.3 is 6.36 Å². The molecule has 0 saturated heterocycles. The van der Waals surface area contributed by atoms with Gasteiger partial charge < -0.3 is 15.6 Å². The zero-order valence-corrected chi connectivity index (χ0v) is 7.80. The van der Waals surface area contributed by atoms with E-state index in [0.29, 0.717) is 5.56 Å². The van der Waals surface area contributed by atoms with E-state index in [1.165, 1.54) is 6.92 Å². The van der Waals surface area contributed by atoms with Crippen LogP contribution in [0.5, 0.6) is 5.88 Å². The van der Waals surface area contributed by atoms with Crippen LogP contribution in [0.15, 0.2) is 6.07 Å². The third kappa shape index (κ3) is 2.98. The van der Waals surface area contributed by atoms with Crippen LogP contribution in [0.25, 0.3) is 0 Å². The maximum atomic E-state index is 11.8. The van der Waals surface area contributed by atoms with Crippen LogP contribution in [0.2, 0.25) is 0 Å². The van der Waals surface area contributed by atoms with E-state index in [4.69, 9.17) is 10.8 Å². The molecule has 15 heavy (non-hydrogen) atoms. The van der Waals surface area contributed by atoms with Gasteiger partial charge in [-0.2, -0.15) is 0 Å². The predicted molar refractivity (Wildman–Crippen MR) is 46.0 cm³/mol. The molecule has 0 spiro atoms. The number of hydrogen-bond donors (Lipinski definition) is 2. The Morgan fingerprint density at radius 3 is 2.53 bits per heavy atom. The third-order valence-corrected chi connectivity index (χ3v) is 1.72. The van der Waals surface area contributed by atoms with E-state index >= 15 is 0 Å². The fourth-order valence-corrected chi connectivity index (χ4v) is 1.07. The lowest BCUT2D eigenvalue weighted by molar-refractivity contribution is -0.276. The van der Waals surface area contributed by atoms with Gasteiger partial charge in [0.2, 0.25) is 5.88 Å². The molecule has 0 unspecified atom stereocenters. The SMILES string of the molecule is Cc1nc(OC(F)(F)F)cc(N)c1CO. The highest BCUT2D eigenvalue weighted by molar-refractivity contribution is 5.50. The average molecular weight is 222 g/mol. The van der Waals surface area contributed by atoms with E-state index < -0.39 is 12.2 Å². The Hall–Kier alpha value is -1.50. The summed E-state index contributed by atoms with van der Waals surface area (Å²) in [5, 5.41) is 8.84. The van der Waals surface area contributed by atoms with E-state index in [1.54, 1.807) is 0 Å². The van der Waals surface area contributed by atoms with Crippen molar-refractivity contribution >= 4 is 5.69 Å². The molecule has 1 aromatic heterocycles. The predicted octanol–water partition coefficient (Wildman–Crippen LogP) is 1.36. The van der Waals surface area contributed by atoms with Crippen molar-refractivity contribution in [3.63, 3.8) is 0 Å². The van der Waals surface area contributed by atoms with Gasteiger partial charge in [-0.1, -0.05) is 0 Å². The Bertz CT molecular complexity index is 342. The Morgan fingerprint density at radius 2 is 2.13 bits per heavy atom. The molecule has 4 nitrogen and oxygen atoms in total. The van der Waals surface area contributed by atoms with Crippen molar-refractivity contribution in [3.8, 4) is 5.88 Å². The zero-order valence-electron chi connectivity index (χ0n) is 7.80. The van der Waals surface area contributed by atoms with Gasteiger partial charge in [-0.05, 0) is 6.92 Å². The maximum absolute atomic E-state index is 11.8. The molecule has 1 heterocycles. The first-order valence-corrected chi connectivity index (χ1v) is 3.96. The summed E-state index contributed by atoms with van der Waals surface area (Å²) < 4.78 is 39.1. The van der Waals surface area contributed by atoms with Gasteiger partial charge in [-0.25, -0.2) is 4.98 Å². The number of anilines is 1. The van der Waals surface area contributed by atoms with Crippen molar-refractivity contribution in [1.82, 2.24) is 4.98 Å². The van der Waals surface area contributed by atoms with Gasteiger partial charge in [0.1, 0.15) is 0 Å². The van der Waals surface area contributed by atoms with E-state index in [1.807, 2.05) is 0 Å². The molecule has 0 bridgehead atoms. The second-order valence-electron chi connectivity index (χ2n) is 2.82. The summed E-state index contributed by atoms with van der Waals surface area (Å²) in [6.45, 7) is 1.06. The standard InChI is InChI=1S/C8H9F3N2O2/c1-4-5(3-14)6(12)2-7(13-4)15-8(9,10)11/h2,14H,3H2,1H3,(H2,12,13). The van der Waals surface area contributed by atoms with Crippen molar-refractivity contribution in [2.45, 2.75) is 19.9 Å². The molecule has 3 N–H and O–H groups in total. The minimum Gasteiger partial charge on any atom is -0.398 e. The van der Waals surface area contributed by atoms with Crippen molar-refractivity contribution in [1.29, 1.82) is 0 Å². The van der Waals surface area contributed by atoms with Crippen molar-refractivity contribution in [3.05, 3.63) is 17.3 Å². The molecule has 0 radical (unpaired) electrons. The fraction of sp³-hybridized carbons (Fsp3) is 0.375. The van der Waals surface area contributed by atoms with Gasteiger partial charge in [0.15, 0.2) is 0 Å². The first kappa shape index (κ1) is 11.6. The maximum Gasteiger partial charge on any atom is 0.574 e. The Labute approximate surface area is 83.5 Å². The van der Waals surface area contributed by atoms with Crippen molar-refractivity contribution in [2.24, 2.45) is 0 Å². The van der Waals surface area contributed by atoms with E-state index in [-0.39, 0.29) is 18.0 Å².